The average Bonchev–Trinajstić information content (AvgIpc) is 2.74. The number of aromatic carboxylic acids is 1. The van der Waals surface area contributed by atoms with Crippen LogP contribution in [-0.2, 0) is 14.8 Å². The number of carbonyl (C=O) groups is 1. The lowest BCUT2D eigenvalue weighted by Crippen LogP contribution is -2.35. The minimum absolute atomic E-state index is 0.0256. The molecule has 1 aromatic heterocycles. The second kappa shape index (κ2) is 5.58. The first-order valence-electron chi connectivity index (χ1n) is 5.85. The van der Waals surface area contributed by atoms with Gasteiger partial charge in [-0.2, -0.15) is 4.31 Å². The number of nitrogens with zero attached hydrogens (tertiary/aromatic N) is 1. The van der Waals surface area contributed by atoms with Crippen LogP contribution < -0.4 is 0 Å². The molecule has 1 aliphatic heterocycles. The molecule has 0 saturated carbocycles. The van der Waals surface area contributed by atoms with Gasteiger partial charge in [0.05, 0.1) is 11.0 Å². The maximum atomic E-state index is 12.4. The van der Waals surface area contributed by atoms with E-state index in [4.69, 9.17) is 9.84 Å². The Morgan fingerprint density at radius 1 is 1.58 bits per heavy atom. The number of ether oxygens (including phenoxy) is 1. The van der Waals surface area contributed by atoms with Gasteiger partial charge in [-0.1, -0.05) is 0 Å². The Morgan fingerprint density at radius 3 is 2.95 bits per heavy atom. The van der Waals surface area contributed by atoms with Crippen LogP contribution in [0.3, 0.4) is 0 Å². The second-order valence-corrected chi connectivity index (χ2v) is 7.20. The number of hydrogen-bond donors (Lipinski definition) is 1. The summed E-state index contributed by atoms with van der Waals surface area (Å²) in [4.78, 5) is 10.9. The summed E-state index contributed by atoms with van der Waals surface area (Å²) < 4.78 is 31.6. The van der Waals surface area contributed by atoms with Crippen molar-refractivity contribution < 1.29 is 23.1 Å². The highest BCUT2D eigenvalue weighted by Crippen LogP contribution is 2.24. The number of carboxylic acid groups (broad SMARTS) is 1. The Labute approximate surface area is 115 Å². The molecule has 1 aliphatic rings. The van der Waals surface area contributed by atoms with E-state index in [1.54, 1.807) is 0 Å². The zero-order valence-electron chi connectivity index (χ0n) is 10.4. The minimum Gasteiger partial charge on any atom is -0.477 e. The standard InChI is InChI=1S/C11H15NO5S2/c1-8-6-12(3-2-4-17-8)19(15,16)9-5-10(11(13)14)18-7-9/h5,7-8H,2-4,6H2,1H3,(H,13,14). The highest BCUT2D eigenvalue weighted by molar-refractivity contribution is 7.89. The summed E-state index contributed by atoms with van der Waals surface area (Å²) in [5.41, 5.74) is 0. The first-order valence-corrected chi connectivity index (χ1v) is 8.17. The average molecular weight is 305 g/mol. The van der Waals surface area contributed by atoms with Gasteiger partial charge in [-0.25, -0.2) is 13.2 Å². The number of carboxylic acids is 1. The molecule has 2 rings (SSSR count). The normalized spacial score (nSPS) is 22.1. The Kier molecular flexibility index (Phi) is 4.24. The molecule has 106 valence electrons. The first kappa shape index (κ1) is 14.4. The third kappa shape index (κ3) is 3.14. The van der Waals surface area contributed by atoms with Crippen molar-refractivity contribution in [3.05, 3.63) is 16.3 Å². The third-order valence-corrected chi connectivity index (χ3v) is 5.75. The van der Waals surface area contributed by atoms with E-state index in [0.29, 0.717) is 26.1 Å². The molecule has 19 heavy (non-hydrogen) atoms. The molecule has 0 bridgehead atoms. The molecular formula is C11H15NO5S2. The molecule has 0 aliphatic carbocycles. The number of sulfonamides is 1. The van der Waals surface area contributed by atoms with Crippen LogP contribution >= 0.6 is 11.3 Å². The van der Waals surface area contributed by atoms with Crippen molar-refractivity contribution in [1.29, 1.82) is 0 Å². The van der Waals surface area contributed by atoms with Gasteiger partial charge in [0.25, 0.3) is 0 Å². The van der Waals surface area contributed by atoms with Gasteiger partial charge in [-0.15, -0.1) is 11.3 Å². The lowest BCUT2D eigenvalue weighted by Gasteiger charge is -2.20. The van der Waals surface area contributed by atoms with Crippen LogP contribution in [-0.4, -0.2) is 49.6 Å². The third-order valence-electron chi connectivity index (χ3n) is 2.84. The maximum absolute atomic E-state index is 12.4. The topological polar surface area (TPSA) is 83.9 Å². The minimum atomic E-state index is -3.63. The van der Waals surface area contributed by atoms with Crippen molar-refractivity contribution >= 4 is 27.3 Å². The van der Waals surface area contributed by atoms with Crippen molar-refractivity contribution in [1.82, 2.24) is 4.31 Å². The van der Waals surface area contributed by atoms with Crippen LogP contribution in [0.4, 0.5) is 0 Å². The molecule has 1 atom stereocenters. The van der Waals surface area contributed by atoms with Crippen molar-refractivity contribution in [2.45, 2.75) is 24.3 Å². The zero-order valence-corrected chi connectivity index (χ0v) is 12.0. The SMILES string of the molecule is CC1CN(S(=O)(=O)c2csc(C(=O)O)c2)CCCO1. The van der Waals surface area contributed by atoms with Gasteiger partial charge in [0, 0.05) is 25.1 Å². The molecule has 1 aromatic rings. The Morgan fingerprint density at radius 2 is 2.32 bits per heavy atom. The fourth-order valence-corrected chi connectivity index (χ4v) is 4.54. The smallest absolute Gasteiger partial charge is 0.345 e. The predicted octanol–water partition coefficient (Wildman–Crippen LogP) is 1.25. The maximum Gasteiger partial charge on any atom is 0.345 e. The number of rotatable bonds is 3. The second-order valence-electron chi connectivity index (χ2n) is 4.35. The van der Waals surface area contributed by atoms with Gasteiger partial charge in [0.15, 0.2) is 0 Å². The molecule has 1 fully saturated rings. The fourth-order valence-electron chi connectivity index (χ4n) is 1.89. The number of hydrogen-bond acceptors (Lipinski definition) is 5. The largest absolute Gasteiger partial charge is 0.477 e. The summed E-state index contributed by atoms with van der Waals surface area (Å²) in [5, 5.41) is 10.2. The van der Waals surface area contributed by atoms with Crippen LogP contribution in [0.1, 0.15) is 23.0 Å². The fraction of sp³-hybridized carbons (Fsp3) is 0.545. The van der Waals surface area contributed by atoms with E-state index in [1.165, 1.54) is 15.8 Å². The van der Waals surface area contributed by atoms with Crippen LogP contribution in [0, 0.1) is 0 Å². The van der Waals surface area contributed by atoms with Crippen molar-refractivity contribution in [3.8, 4) is 0 Å². The van der Waals surface area contributed by atoms with Crippen LogP contribution in [0.15, 0.2) is 16.3 Å². The monoisotopic (exact) mass is 305 g/mol. The van der Waals surface area contributed by atoms with E-state index in [9.17, 15) is 13.2 Å². The van der Waals surface area contributed by atoms with Crippen molar-refractivity contribution in [2.75, 3.05) is 19.7 Å². The molecule has 0 spiro atoms. The van der Waals surface area contributed by atoms with Crippen LogP contribution in [0.25, 0.3) is 0 Å². The van der Waals surface area contributed by atoms with Gasteiger partial charge in [-0.05, 0) is 19.4 Å². The van der Waals surface area contributed by atoms with Gasteiger partial charge in [-0.3, -0.25) is 0 Å². The summed E-state index contributed by atoms with van der Waals surface area (Å²) in [6.45, 7) is 3.05. The first-order chi connectivity index (χ1) is 8.91. The van der Waals surface area contributed by atoms with Crippen LogP contribution in [0.5, 0.6) is 0 Å². The van der Waals surface area contributed by atoms with E-state index in [2.05, 4.69) is 0 Å². The van der Waals surface area contributed by atoms with Crippen molar-refractivity contribution in [2.24, 2.45) is 0 Å². The van der Waals surface area contributed by atoms with E-state index < -0.39 is 16.0 Å². The van der Waals surface area contributed by atoms with E-state index in [0.717, 1.165) is 11.3 Å². The lowest BCUT2D eigenvalue weighted by molar-refractivity contribution is 0.0701. The molecule has 1 N–H and O–H groups in total. The van der Waals surface area contributed by atoms with Gasteiger partial charge >= 0.3 is 5.97 Å². The van der Waals surface area contributed by atoms with Gasteiger partial charge in [0.2, 0.25) is 10.0 Å². The van der Waals surface area contributed by atoms with E-state index in [-0.39, 0.29) is 15.9 Å². The van der Waals surface area contributed by atoms with Gasteiger partial charge < -0.3 is 9.84 Å². The van der Waals surface area contributed by atoms with Gasteiger partial charge in [0.1, 0.15) is 4.88 Å². The quantitative estimate of drug-likeness (QED) is 0.908. The summed E-state index contributed by atoms with van der Waals surface area (Å²) in [5.74, 6) is -1.11. The van der Waals surface area contributed by atoms with Crippen LogP contribution in [0.2, 0.25) is 0 Å². The molecule has 1 unspecified atom stereocenters. The molecular weight excluding hydrogens is 290 g/mol. The van der Waals surface area contributed by atoms with Crippen molar-refractivity contribution in [3.63, 3.8) is 0 Å². The Hall–Kier alpha value is -0.960. The van der Waals surface area contributed by atoms with E-state index >= 15 is 0 Å². The molecule has 0 amide bonds. The zero-order chi connectivity index (χ0) is 14.0. The summed E-state index contributed by atoms with van der Waals surface area (Å²) in [7, 11) is -3.63. The summed E-state index contributed by atoms with van der Waals surface area (Å²) >= 11 is 0.918. The summed E-state index contributed by atoms with van der Waals surface area (Å²) in [6, 6.07) is 1.21. The predicted molar refractivity (Wildman–Crippen MR) is 70.1 cm³/mol. The molecule has 1 saturated heterocycles. The Balaban J connectivity index is 2.27. The molecule has 2 heterocycles. The lowest BCUT2D eigenvalue weighted by atomic mass is 10.4. The molecule has 6 nitrogen and oxygen atoms in total. The molecule has 0 aromatic carbocycles. The van der Waals surface area contributed by atoms with E-state index in [1.807, 2.05) is 6.92 Å². The number of thiophene rings is 1. The highest BCUT2D eigenvalue weighted by atomic mass is 32.2. The Bertz CT molecular complexity index is 565. The molecule has 8 heteroatoms. The molecule has 0 radical (unpaired) electrons. The summed E-state index contributed by atoms with van der Waals surface area (Å²) in [6.07, 6.45) is 0.481. The highest BCUT2D eigenvalue weighted by Gasteiger charge is 2.29.